The first-order chi connectivity index (χ1) is 14.7. The molecule has 0 unspecified atom stereocenters. The lowest BCUT2D eigenvalue weighted by molar-refractivity contribution is 0.327. The standard InChI is InChI=1S/C23H18ClN3O3/c1-28-16-12-15-18(22(30-3)21(16)29-2)19(13-7-9-14(24)10-8-13)26-23-20(15)25-17-6-4-5-11-27(17)23/h4-12H,1-3H3. The minimum atomic E-state index is 0.507. The number of pyridine rings is 2. The van der Waals surface area contributed by atoms with Gasteiger partial charge in [-0.05, 0) is 30.3 Å². The first-order valence-electron chi connectivity index (χ1n) is 9.31. The van der Waals surface area contributed by atoms with Crippen LogP contribution in [0.5, 0.6) is 17.2 Å². The van der Waals surface area contributed by atoms with Crippen LogP contribution < -0.4 is 14.2 Å². The smallest absolute Gasteiger partial charge is 0.204 e. The second-order valence-corrected chi connectivity index (χ2v) is 7.18. The molecule has 0 N–H and O–H groups in total. The quantitative estimate of drug-likeness (QED) is 0.391. The van der Waals surface area contributed by atoms with Crippen LogP contribution in [0.4, 0.5) is 0 Å². The minimum Gasteiger partial charge on any atom is -0.493 e. The van der Waals surface area contributed by atoms with Gasteiger partial charge in [0.2, 0.25) is 5.75 Å². The second-order valence-electron chi connectivity index (χ2n) is 6.75. The van der Waals surface area contributed by atoms with E-state index in [9.17, 15) is 0 Å². The fraction of sp³-hybridized carbons (Fsp3) is 0.130. The summed E-state index contributed by atoms with van der Waals surface area (Å²) in [6, 6.07) is 15.3. The van der Waals surface area contributed by atoms with Crippen molar-refractivity contribution >= 4 is 39.2 Å². The Morgan fingerprint density at radius 1 is 0.867 bits per heavy atom. The van der Waals surface area contributed by atoms with Gasteiger partial charge >= 0.3 is 0 Å². The van der Waals surface area contributed by atoms with E-state index in [2.05, 4.69) is 0 Å². The SMILES string of the molecule is COc1cc2c(c(-c3ccc(Cl)cc3)nc3c2nc2ccccn23)c(OC)c1OC. The Kier molecular flexibility index (Phi) is 4.37. The molecular formula is C23H18ClN3O3. The Bertz CT molecular complexity index is 1410. The second kappa shape index (κ2) is 7.07. The fourth-order valence-corrected chi connectivity index (χ4v) is 3.95. The maximum atomic E-state index is 6.12. The van der Waals surface area contributed by atoms with Crippen LogP contribution in [0.1, 0.15) is 0 Å². The molecule has 6 nitrogen and oxygen atoms in total. The topological polar surface area (TPSA) is 57.9 Å². The van der Waals surface area contributed by atoms with E-state index < -0.39 is 0 Å². The normalized spacial score (nSPS) is 11.3. The molecule has 0 aliphatic heterocycles. The molecule has 0 aliphatic carbocycles. The lowest BCUT2D eigenvalue weighted by Crippen LogP contribution is -1.99. The monoisotopic (exact) mass is 419 g/mol. The van der Waals surface area contributed by atoms with E-state index in [1.165, 1.54) is 0 Å². The number of aromatic nitrogens is 3. The highest BCUT2D eigenvalue weighted by molar-refractivity contribution is 6.30. The first kappa shape index (κ1) is 18.5. The van der Waals surface area contributed by atoms with Crippen molar-refractivity contribution in [2.75, 3.05) is 21.3 Å². The van der Waals surface area contributed by atoms with Crippen LogP contribution in [0, 0.1) is 0 Å². The number of hydrogen-bond acceptors (Lipinski definition) is 5. The van der Waals surface area contributed by atoms with E-state index in [-0.39, 0.29) is 0 Å². The van der Waals surface area contributed by atoms with Crippen LogP contribution in [0.15, 0.2) is 54.7 Å². The highest BCUT2D eigenvalue weighted by Gasteiger charge is 2.24. The van der Waals surface area contributed by atoms with E-state index in [0.717, 1.165) is 38.8 Å². The van der Waals surface area contributed by atoms with Gasteiger partial charge in [0.15, 0.2) is 17.1 Å². The van der Waals surface area contributed by atoms with Crippen molar-refractivity contribution in [2.45, 2.75) is 0 Å². The van der Waals surface area contributed by atoms with Crippen LogP contribution in [0.3, 0.4) is 0 Å². The van der Waals surface area contributed by atoms with Crippen molar-refractivity contribution in [1.82, 2.24) is 14.4 Å². The zero-order valence-electron chi connectivity index (χ0n) is 16.6. The van der Waals surface area contributed by atoms with Crippen LogP contribution in [-0.2, 0) is 0 Å². The van der Waals surface area contributed by atoms with Crippen molar-refractivity contribution in [3.05, 3.63) is 59.8 Å². The lowest BCUT2D eigenvalue weighted by atomic mass is 10.0. The number of methoxy groups -OCH3 is 3. The molecular weight excluding hydrogens is 402 g/mol. The molecule has 5 rings (SSSR count). The Morgan fingerprint density at radius 2 is 1.63 bits per heavy atom. The highest BCUT2D eigenvalue weighted by atomic mass is 35.5. The van der Waals surface area contributed by atoms with Crippen molar-refractivity contribution in [3.63, 3.8) is 0 Å². The van der Waals surface area contributed by atoms with Crippen LogP contribution in [0.25, 0.3) is 38.8 Å². The number of fused-ring (bicyclic) bond motifs is 5. The summed E-state index contributed by atoms with van der Waals surface area (Å²) < 4.78 is 19.0. The minimum absolute atomic E-state index is 0.507. The number of rotatable bonds is 4. The third-order valence-corrected chi connectivity index (χ3v) is 5.41. The molecule has 3 heterocycles. The summed E-state index contributed by atoms with van der Waals surface area (Å²) >= 11 is 6.12. The van der Waals surface area contributed by atoms with Gasteiger partial charge in [-0.25, -0.2) is 9.97 Å². The van der Waals surface area contributed by atoms with Crippen molar-refractivity contribution < 1.29 is 14.2 Å². The van der Waals surface area contributed by atoms with Crippen molar-refractivity contribution in [2.24, 2.45) is 0 Å². The van der Waals surface area contributed by atoms with Gasteiger partial charge in [-0.2, -0.15) is 0 Å². The average molecular weight is 420 g/mol. The van der Waals surface area contributed by atoms with E-state index >= 15 is 0 Å². The van der Waals surface area contributed by atoms with E-state index in [1.54, 1.807) is 21.3 Å². The van der Waals surface area contributed by atoms with E-state index in [0.29, 0.717) is 22.3 Å². The zero-order chi connectivity index (χ0) is 20.8. The third-order valence-electron chi connectivity index (χ3n) is 5.16. The Morgan fingerprint density at radius 3 is 2.33 bits per heavy atom. The molecule has 5 aromatic rings. The molecule has 3 aromatic heterocycles. The molecule has 0 atom stereocenters. The molecule has 0 bridgehead atoms. The molecule has 150 valence electrons. The van der Waals surface area contributed by atoms with Gasteiger partial charge in [-0.15, -0.1) is 0 Å². The summed E-state index contributed by atoms with van der Waals surface area (Å²) in [7, 11) is 4.80. The molecule has 7 heteroatoms. The number of imidazole rings is 1. The molecule has 2 aromatic carbocycles. The molecule has 0 saturated carbocycles. The third kappa shape index (κ3) is 2.64. The van der Waals surface area contributed by atoms with Crippen LogP contribution in [-0.4, -0.2) is 35.7 Å². The molecule has 0 aliphatic rings. The molecule has 0 saturated heterocycles. The number of ether oxygens (including phenoxy) is 3. The number of nitrogens with zero attached hydrogens (tertiary/aromatic N) is 3. The fourth-order valence-electron chi connectivity index (χ4n) is 3.83. The summed E-state index contributed by atoms with van der Waals surface area (Å²) in [5.74, 6) is 1.62. The molecule has 0 radical (unpaired) electrons. The average Bonchev–Trinajstić information content (AvgIpc) is 3.16. The maximum absolute atomic E-state index is 6.12. The largest absolute Gasteiger partial charge is 0.493 e. The molecule has 0 amide bonds. The Hall–Kier alpha value is -3.51. The molecule has 30 heavy (non-hydrogen) atoms. The van der Waals surface area contributed by atoms with Crippen molar-refractivity contribution in [1.29, 1.82) is 0 Å². The maximum Gasteiger partial charge on any atom is 0.204 e. The highest BCUT2D eigenvalue weighted by Crippen LogP contribution is 2.48. The molecule has 0 spiro atoms. The van der Waals surface area contributed by atoms with E-state index in [1.807, 2.05) is 59.1 Å². The van der Waals surface area contributed by atoms with Gasteiger partial charge in [-0.1, -0.05) is 29.8 Å². The van der Waals surface area contributed by atoms with Gasteiger partial charge in [0.1, 0.15) is 11.2 Å². The molecule has 0 fully saturated rings. The number of hydrogen-bond donors (Lipinski definition) is 0. The summed E-state index contributed by atoms with van der Waals surface area (Å²) in [5.41, 5.74) is 3.97. The van der Waals surface area contributed by atoms with Gasteiger partial charge in [0, 0.05) is 22.2 Å². The van der Waals surface area contributed by atoms with Crippen LogP contribution >= 0.6 is 11.6 Å². The van der Waals surface area contributed by atoms with Gasteiger partial charge in [0.25, 0.3) is 0 Å². The zero-order valence-corrected chi connectivity index (χ0v) is 17.4. The number of halogens is 1. The summed E-state index contributed by atoms with van der Waals surface area (Å²) in [5, 5.41) is 2.32. The predicted octanol–water partition coefficient (Wildman–Crippen LogP) is 5.38. The first-order valence-corrected chi connectivity index (χ1v) is 9.69. The van der Waals surface area contributed by atoms with Gasteiger partial charge < -0.3 is 14.2 Å². The number of benzene rings is 2. The summed E-state index contributed by atoms with van der Waals surface area (Å²) in [4.78, 5) is 9.84. The lowest BCUT2D eigenvalue weighted by Gasteiger charge is -2.17. The Labute approximate surface area is 177 Å². The summed E-state index contributed by atoms with van der Waals surface area (Å²) in [6.07, 6.45) is 1.95. The summed E-state index contributed by atoms with van der Waals surface area (Å²) in [6.45, 7) is 0. The van der Waals surface area contributed by atoms with Gasteiger partial charge in [0.05, 0.1) is 32.4 Å². The van der Waals surface area contributed by atoms with E-state index in [4.69, 9.17) is 35.8 Å². The van der Waals surface area contributed by atoms with Gasteiger partial charge in [-0.3, -0.25) is 4.40 Å². The van der Waals surface area contributed by atoms with Crippen molar-refractivity contribution in [3.8, 4) is 28.5 Å². The van der Waals surface area contributed by atoms with Crippen LogP contribution in [0.2, 0.25) is 5.02 Å². The predicted molar refractivity (Wildman–Crippen MR) is 118 cm³/mol. The Balaban J connectivity index is 2.04.